The summed E-state index contributed by atoms with van der Waals surface area (Å²) in [5, 5.41) is 1.93. The van der Waals surface area contributed by atoms with Crippen molar-refractivity contribution >= 4 is 22.9 Å². The average Bonchev–Trinajstić information content (AvgIpc) is 3.12. The number of carbonyl (C=O) groups excluding carboxylic acids is 2. The lowest BCUT2D eigenvalue weighted by Gasteiger charge is -2.33. The van der Waals surface area contributed by atoms with E-state index in [4.69, 9.17) is 0 Å². The number of benzene rings is 1. The van der Waals surface area contributed by atoms with E-state index in [1.807, 2.05) is 47.8 Å². The molecule has 1 saturated heterocycles. The van der Waals surface area contributed by atoms with Gasteiger partial charge in [-0.25, -0.2) is 0 Å². The Labute approximate surface area is 140 Å². The van der Waals surface area contributed by atoms with E-state index in [9.17, 15) is 9.59 Å². The molecule has 2 heterocycles. The van der Waals surface area contributed by atoms with Crippen molar-refractivity contribution in [2.75, 3.05) is 39.3 Å². The number of carbonyl (C=O) groups is 2. The van der Waals surface area contributed by atoms with Crippen LogP contribution in [-0.2, 0) is 0 Å². The van der Waals surface area contributed by atoms with Crippen LogP contribution in [0, 0.1) is 0 Å². The minimum absolute atomic E-state index is 0.161. The second-order valence-corrected chi connectivity index (χ2v) is 6.69. The van der Waals surface area contributed by atoms with Gasteiger partial charge in [-0.1, -0.05) is 36.4 Å². The molecule has 0 N–H and O–H groups in total. The Morgan fingerprint density at radius 2 is 1.43 bits per heavy atom. The smallest absolute Gasteiger partial charge is 0.186 e. The van der Waals surface area contributed by atoms with Crippen LogP contribution in [0.1, 0.15) is 20.0 Å². The minimum Gasteiger partial charge on any atom is -0.293 e. The normalized spacial score (nSPS) is 16.3. The maximum Gasteiger partial charge on any atom is 0.186 e. The first-order valence-corrected chi connectivity index (χ1v) is 8.70. The summed E-state index contributed by atoms with van der Waals surface area (Å²) in [5.41, 5.74) is 0.766. The summed E-state index contributed by atoms with van der Waals surface area (Å²) in [6.07, 6.45) is 0. The molecule has 0 aliphatic carbocycles. The molecule has 1 aliphatic heterocycles. The monoisotopic (exact) mass is 328 g/mol. The molecule has 3 rings (SSSR count). The van der Waals surface area contributed by atoms with Crippen molar-refractivity contribution in [3.8, 4) is 0 Å². The molecule has 4 nitrogen and oxygen atoms in total. The molecule has 120 valence electrons. The molecule has 0 bridgehead atoms. The van der Waals surface area contributed by atoms with Gasteiger partial charge in [-0.3, -0.25) is 19.4 Å². The Kier molecular flexibility index (Phi) is 5.33. The van der Waals surface area contributed by atoms with Crippen LogP contribution in [0.4, 0.5) is 0 Å². The lowest BCUT2D eigenvalue weighted by atomic mass is 10.1. The van der Waals surface area contributed by atoms with Gasteiger partial charge in [0, 0.05) is 31.7 Å². The van der Waals surface area contributed by atoms with Crippen molar-refractivity contribution < 1.29 is 9.59 Å². The standard InChI is InChI=1S/C18H20N2O2S/c21-16(15-5-2-1-3-6-15)13-19-8-10-20(11-9-19)14-17(22)18-7-4-12-23-18/h1-7,12H,8-11,13-14H2. The second kappa shape index (κ2) is 7.64. The molecule has 0 atom stereocenters. The van der Waals surface area contributed by atoms with Crippen LogP contribution >= 0.6 is 11.3 Å². The third-order valence-corrected chi connectivity index (χ3v) is 5.00. The Bertz CT molecular complexity index is 647. The van der Waals surface area contributed by atoms with E-state index in [-0.39, 0.29) is 11.6 Å². The van der Waals surface area contributed by atoms with Crippen molar-refractivity contribution in [3.63, 3.8) is 0 Å². The van der Waals surface area contributed by atoms with Crippen molar-refractivity contribution in [2.45, 2.75) is 0 Å². The van der Waals surface area contributed by atoms with Gasteiger partial charge in [0.1, 0.15) is 0 Å². The topological polar surface area (TPSA) is 40.6 Å². The zero-order valence-corrected chi connectivity index (χ0v) is 13.8. The summed E-state index contributed by atoms with van der Waals surface area (Å²) >= 11 is 1.49. The van der Waals surface area contributed by atoms with Crippen molar-refractivity contribution in [1.82, 2.24) is 9.80 Å². The number of ketones is 2. The Balaban J connectivity index is 1.45. The van der Waals surface area contributed by atoms with Crippen LogP contribution in [0.5, 0.6) is 0 Å². The fraction of sp³-hybridized carbons (Fsp3) is 0.333. The molecule has 0 unspecified atom stereocenters. The van der Waals surface area contributed by atoms with Gasteiger partial charge >= 0.3 is 0 Å². The molecule has 1 aromatic heterocycles. The third-order valence-electron chi connectivity index (χ3n) is 4.09. The van der Waals surface area contributed by atoms with E-state index in [1.54, 1.807) is 0 Å². The quantitative estimate of drug-likeness (QED) is 0.764. The van der Waals surface area contributed by atoms with E-state index in [0.717, 1.165) is 36.6 Å². The minimum atomic E-state index is 0.161. The van der Waals surface area contributed by atoms with E-state index >= 15 is 0 Å². The lowest BCUT2D eigenvalue weighted by molar-refractivity contribution is 0.0784. The molecular formula is C18H20N2O2S. The van der Waals surface area contributed by atoms with Gasteiger partial charge in [-0.15, -0.1) is 11.3 Å². The van der Waals surface area contributed by atoms with Crippen LogP contribution in [-0.4, -0.2) is 60.6 Å². The average molecular weight is 328 g/mol. The zero-order chi connectivity index (χ0) is 16.1. The molecule has 1 aromatic carbocycles. The predicted molar refractivity (Wildman–Crippen MR) is 92.3 cm³/mol. The highest BCUT2D eigenvalue weighted by atomic mass is 32.1. The lowest BCUT2D eigenvalue weighted by Crippen LogP contribution is -2.49. The maximum atomic E-state index is 12.2. The number of piperazine rings is 1. The summed E-state index contributed by atoms with van der Waals surface area (Å²) in [6.45, 7) is 4.25. The Morgan fingerprint density at radius 1 is 0.826 bits per heavy atom. The fourth-order valence-electron chi connectivity index (χ4n) is 2.74. The van der Waals surface area contributed by atoms with Crippen molar-refractivity contribution in [1.29, 1.82) is 0 Å². The summed E-state index contributed by atoms with van der Waals surface area (Å²) in [5.74, 6) is 0.350. The molecule has 0 saturated carbocycles. The summed E-state index contributed by atoms with van der Waals surface area (Å²) in [4.78, 5) is 29.5. The van der Waals surface area contributed by atoms with E-state index in [2.05, 4.69) is 9.80 Å². The first kappa shape index (κ1) is 16.1. The second-order valence-electron chi connectivity index (χ2n) is 5.74. The van der Waals surface area contributed by atoms with Gasteiger partial charge in [0.2, 0.25) is 0 Å². The first-order valence-electron chi connectivity index (χ1n) is 7.82. The third kappa shape index (κ3) is 4.34. The number of rotatable bonds is 6. The van der Waals surface area contributed by atoms with Gasteiger partial charge in [-0.2, -0.15) is 0 Å². The fourth-order valence-corrected chi connectivity index (χ4v) is 3.40. The van der Waals surface area contributed by atoms with Crippen molar-refractivity contribution in [3.05, 3.63) is 58.3 Å². The SMILES string of the molecule is O=C(CN1CCN(CC(=O)c2cccs2)CC1)c1ccccc1. The molecule has 1 fully saturated rings. The summed E-state index contributed by atoms with van der Waals surface area (Å²) < 4.78 is 0. The molecule has 0 spiro atoms. The van der Waals surface area contributed by atoms with Crippen LogP contribution in [0.2, 0.25) is 0 Å². The predicted octanol–water partition coefficient (Wildman–Crippen LogP) is 2.43. The molecule has 1 aliphatic rings. The van der Waals surface area contributed by atoms with Crippen LogP contribution < -0.4 is 0 Å². The zero-order valence-electron chi connectivity index (χ0n) is 13.0. The van der Waals surface area contributed by atoms with Crippen LogP contribution in [0.3, 0.4) is 0 Å². The molecule has 0 amide bonds. The van der Waals surface area contributed by atoms with Crippen LogP contribution in [0.25, 0.3) is 0 Å². The molecule has 2 aromatic rings. The molecule has 0 radical (unpaired) electrons. The highest BCUT2D eigenvalue weighted by Gasteiger charge is 2.21. The van der Waals surface area contributed by atoms with Gasteiger partial charge < -0.3 is 0 Å². The Morgan fingerprint density at radius 3 is 2.00 bits per heavy atom. The Hall–Kier alpha value is -1.82. The van der Waals surface area contributed by atoms with E-state index in [0.29, 0.717) is 13.1 Å². The van der Waals surface area contributed by atoms with E-state index in [1.165, 1.54) is 11.3 Å². The molecule has 23 heavy (non-hydrogen) atoms. The van der Waals surface area contributed by atoms with Gasteiger partial charge in [0.25, 0.3) is 0 Å². The van der Waals surface area contributed by atoms with Gasteiger partial charge in [0.05, 0.1) is 18.0 Å². The largest absolute Gasteiger partial charge is 0.293 e. The first-order chi connectivity index (χ1) is 11.2. The maximum absolute atomic E-state index is 12.2. The highest BCUT2D eigenvalue weighted by Crippen LogP contribution is 2.11. The van der Waals surface area contributed by atoms with Crippen LogP contribution in [0.15, 0.2) is 47.8 Å². The molecular weight excluding hydrogens is 308 g/mol. The number of hydrogen-bond acceptors (Lipinski definition) is 5. The number of nitrogens with zero attached hydrogens (tertiary/aromatic N) is 2. The highest BCUT2D eigenvalue weighted by molar-refractivity contribution is 7.12. The summed E-state index contributed by atoms with van der Waals surface area (Å²) in [7, 11) is 0. The van der Waals surface area contributed by atoms with E-state index < -0.39 is 0 Å². The molecule has 5 heteroatoms. The van der Waals surface area contributed by atoms with Gasteiger partial charge in [0.15, 0.2) is 11.6 Å². The summed E-state index contributed by atoms with van der Waals surface area (Å²) in [6, 6.07) is 13.2. The number of Topliss-reactive ketones (excluding diaryl/α,β-unsaturated/α-hetero) is 2. The van der Waals surface area contributed by atoms with Crippen molar-refractivity contribution in [2.24, 2.45) is 0 Å². The van der Waals surface area contributed by atoms with Gasteiger partial charge in [-0.05, 0) is 11.4 Å². The number of thiophene rings is 1. The number of hydrogen-bond donors (Lipinski definition) is 0.